The van der Waals surface area contributed by atoms with Crippen molar-refractivity contribution < 1.29 is 14.3 Å². The summed E-state index contributed by atoms with van der Waals surface area (Å²) < 4.78 is 11.1. The van der Waals surface area contributed by atoms with E-state index >= 15 is 0 Å². The lowest BCUT2D eigenvalue weighted by atomic mass is 10.0. The van der Waals surface area contributed by atoms with Gasteiger partial charge < -0.3 is 9.47 Å². The van der Waals surface area contributed by atoms with Gasteiger partial charge >= 0.3 is 0 Å². The summed E-state index contributed by atoms with van der Waals surface area (Å²) in [6.07, 6.45) is 0.878. The summed E-state index contributed by atoms with van der Waals surface area (Å²) >= 11 is 2.21. The van der Waals surface area contributed by atoms with Crippen molar-refractivity contribution in [2.24, 2.45) is 0 Å². The van der Waals surface area contributed by atoms with Crippen molar-refractivity contribution in [2.75, 3.05) is 6.61 Å². The minimum atomic E-state index is 0.125. The lowest BCUT2D eigenvalue weighted by molar-refractivity contribution is -0.117. The second-order valence-electron chi connectivity index (χ2n) is 5.27. The molecule has 0 N–H and O–H groups in total. The smallest absolute Gasteiger partial charge is 0.146 e. The molecule has 0 heterocycles. The van der Waals surface area contributed by atoms with Crippen LogP contribution in [0.15, 0.2) is 48.5 Å². The summed E-state index contributed by atoms with van der Waals surface area (Å²) in [5.74, 6) is 1.86. The zero-order valence-corrected chi connectivity index (χ0v) is 15.6. The SMILES string of the molecule is CCOc1ccc(CC(=O)Cc2ccc(OC(C)I)cc2)cc1. The molecular weight excluding hydrogens is 403 g/mol. The number of benzene rings is 2. The Kier molecular flexibility index (Phi) is 6.89. The number of hydrogen-bond donors (Lipinski definition) is 0. The Morgan fingerprint density at radius 3 is 1.87 bits per heavy atom. The van der Waals surface area contributed by atoms with Crippen molar-refractivity contribution in [2.45, 2.75) is 30.8 Å². The van der Waals surface area contributed by atoms with Gasteiger partial charge in [0.25, 0.3) is 0 Å². The highest BCUT2D eigenvalue weighted by Gasteiger charge is 2.07. The molecule has 0 aliphatic carbocycles. The van der Waals surface area contributed by atoms with Crippen molar-refractivity contribution in [3.8, 4) is 11.5 Å². The van der Waals surface area contributed by atoms with E-state index in [2.05, 4.69) is 22.6 Å². The first-order valence-electron chi connectivity index (χ1n) is 7.70. The molecule has 0 aliphatic rings. The third-order valence-electron chi connectivity index (χ3n) is 3.26. The topological polar surface area (TPSA) is 35.5 Å². The highest BCUT2D eigenvalue weighted by molar-refractivity contribution is 14.1. The van der Waals surface area contributed by atoms with Crippen molar-refractivity contribution >= 4 is 28.4 Å². The molecule has 23 heavy (non-hydrogen) atoms. The summed E-state index contributed by atoms with van der Waals surface area (Å²) in [5.41, 5.74) is 2.02. The molecule has 0 fully saturated rings. The van der Waals surface area contributed by atoms with E-state index in [-0.39, 0.29) is 9.89 Å². The van der Waals surface area contributed by atoms with E-state index in [1.54, 1.807) is 0 Å². The fourth-order valence-electron chi connectivity index (χ4n) is 2.26. The molecule has 1 unspecified atom stereocenters. The number of carbonyl (C=O) groups excluding carboxylic acids is 1. The summed E-state index contributed by atoms with van der Waals surface area (Å²) in [6, 6.07) is 15.4. The van der Waals surface area contributed by atoms with Crippen LogP contribution in [0.3, 0.4) is 0 Å². The van der Waals surface area contributed by atoms with Gasteiger partial charge in [0.2, 0.25) is 0 Å². The molecule has 1 atom stereocenters. The highest BCUT2D eigenvalue weighted by atomic mass is 127. The van der Waals surface area contributed by atoms with Gasteiger partial charge in [0, 0.05) is 12.8 Å². The van der Waals surface area contributed by atoms with Crippen LogP contribution in [0.5, 0.6) is 11.5 Å². The number of rotatable bonds is 8. The maximum absolute atomic E-state index is 12.2. The normalized spacial score (nSPS) is 11.8. The lowest BCUT2D eigenvalue weighted by Crippen LogP contribution is -2.07. The molecule has 3 nitrogen and oxygen atoms in total. The van der Waals surface area contributed by atoms with Crippen LogP contribution >= 0.6 is 22.6 Å². The van der Waals surface area contributed by atoms with Crippen LogP contribution in [-0.4, -0.2) is 16.5 Å². The van der Waals surface area contributed by atoms with Crippen molar-refractivity contribution in [3.63, 3.8) is 0 Å². The molecule has 0 spiro atoms. The standard InChI is InChI=1S/C19H21IO3/c1-3-22-18-8-4-15(5-9-18)12-17(21)13-16-6-10-19(11-7-16)23-14(2)20/h4-11,14H,3,12-13H2,1-2H3. The van der Waals surface area contributed by atoms with Gasteiger partial charge in [-0.15, -0.1) is 0 Å². The zero-order valence-electron chi connectivity index (χ0n) is 13.4. The molecule has 2 rings (SSSR count). The molecule has 4 heteroatoms. The van der Waals surface area contributed by atoms with Crippen LogP contribution in [0, 0.1) is 0 Å². The Balaban J connectivity index is 1.88. The molecule has 0 bridgehead atoms. The maximum Gasteiger partial charge on any atom is 0.146 e. The molecule has 2 aromatic carbocycles. The van der Waals surface area contributed by atoms with Gasteiger partial charge in [0.1, 0.15) is 21.4 Å². The average Bonchev–Trinajstić information content (AvgIpc) is 2.51. The number of halogens is 1. The fraction of sp³-hybridized carbons (Fsp3) is 0.316. The molecule has 0 aromatic heterocycles. The van der Waals surface area contributed by atoms with E-state index in [1.165, 1.54) is 0 Å². The minimum absolute atomic E-state index is 0.125. The van der Waals surface area contributed by atoms with Crippen LogP contribution < -0.4 is 9.47 Å². The van der Waals surface area contributed by atoms with Gasteiger partial charge in [-0.2, -0.15) is 0 Å². The number of hydrogen-bond acceptors (Lipinski definition) is 3. The van der Waals surface area contributed by atoms with Crippen molar-refractivity contribution in [3.05, 3.63) is 59.7 Å². The Labute approximate surface area is 151 Å². The third kappa shape index (κ3) is 6.22. The Morgan fingerprint density at radius 1 is 0.957 bits per heavy atom. The van der Waals surface area contributed by atoms with Gasteiger partial charge in [-0.1, -0.05) is 24.3 Å². The van der Waals surface area contributed by atoms with Crippen LogP contribution in [0.25, 0.3) is 0 Å². The Hall–Kier alpha value is -1.56. The summed E-state index contributed by atoms with van der Waals surface area (Å²) in [7, 11) is 0. The van der Waals surface area contributed by atoms with E-state index in [0.29, 0.717) is 19.4 Å². The average molecular weight is 424 g/mol. The van der Waals surface area contributed by atoms with Gasteiger partial charge in [0.05, 0.1) is 6.61 Å². The molecule has 0 amide bonds. The van der Waals surface area contributed by atoms with Crippen molar-refractivity contribution in [1.82, 2.24) is 0 Å². The Morgan fingerprint density at radius 2 is 1.43 bits per heavy atom. The predicted molar refractivity (Wildman–Crippen MR) is 101 cm³/mol. The largest absolute Gasteiger partial charge is 0.494 e. The third-order valence-corrected chi connectivity index (χ3v) is 3.51. The molecule has 0 saturated heterocycles. The highest BCUT2D eigenvalue weighted by Crippen LogP contribution is 2.17. The minimum Gasteiger partial charge on any atom is -0.494 e. The first-order valence-corrected chi connectivity index (χ1v) is 8.94. The number of alkyl halides is 1. The molecule has 0 aliphatic heterocycles. The van der Waals surface area contributed by atoms with Gasteiger partial charge in [-0.25, -0.2) is 0 Å². The van der Waals surface area contributed by atoms with E-state index < -0.39 is 0 Å². The van der Waals surface area contributed by atoms with E-state index in [1.807, 2.05) is 62.4 Å². The fourth-order valence-corrected chi connectivity index (χ4v) is 2.56. The van der Waals surface area contributed by atoms with E-state index in [4.69, 9.17) is 9.47 Å². The van der Waals surface area contributed by atoms with Crippen molar-refractivity contribution in [1.29, 1.82) is 0 Å². The van der Waals surface area contributed by atoms with E-state index in [0.717, 1.165) is 22.6 Å². The van der Waals surface area contributed by atoms with Crippen LogP contribution in [-0.2, 0) is 17.6 Å². The second kappa shape index (κ2) is 8.91. The molecular formula is C19H21IO3. The second-order valence-corrected chi connectivity index (χ2v) is 7.03. The lowest BCUT2D eigenvalue weighted by Gasteiger charge is -2.09. The monoisotopic (exact) mass is 424 g/mol. The molecule has 0 saturated carbocycles. The molecule has 0 radical (unpaired) electrons. The summed E-state index contributed by atoms with van der Waals surface area (Å²) in [5, 5.41) is 0. The van der Waals surface area contributed by atoms with Gasteiger partial charge in [-0.3, -0.25) is 4.79 Å². The molecule has 122 valence electrons. The van der Waals surface area contributed by atoms with Gasteiger partial charge in [-0.05, 0) is 71.8 Å². The predicted octanol–water partition coefficient (Wildman–Crippen LogP) is 4.60. The number of carbonyl (C=O) groups is 1. The van der Waals surface area contributed by atoms with Crippen LogP contribution in [0.4, 0.5) is 0 Å². The summed E-state index contributed by atoms with van der Waals surface area (Å²) in [6.45, 7) is 4.58. The number of ketones is 1. The van der Waals surface area contributed by atoms with Crippen LogP contribution in [0.2, 0.25) is 0 Å². The first kappa shape index (κ1) is 17.8. The Bertz CT molecular complexity index is 618. The van der Waals surface area contributed by atoms with Gasteiger partial charge in [0.15, 0.2) is 0 Å². The summed E-state index contributed by atoms with van der Waals surface area (Å²) in [4.78, 5) is 12.2. The zero-order chi connectivity index (χ0) is 16.7. The maximum atomic E-state index is 12.2. The first-order chi connectivity index (χ1) is 11.1. The van der Waals surface area contributed by atoms with E-state index in [9.17, 15) is 4.79 Å². The van der Waals surface area contributed by atoms with Crippen LogP contribution in [0.1, 0.15) is 25.0 Å². The number of ether oxygens (including phenoxy) is 2. The number of Topliss-reactive ketones (excluding diaryl/α,β-unsaturated/α-hetero) is 1. The molecule has 2 aromatic rings. The quantitative estimate of drug-likeness (QED) is 0.459.